The number of hydrogen-bond acceptors (Lipinski definition) is 6. The Kier molecular flexibility index (Phi) is 6.67. The molecule has 1 saturated heterocycles. The zero-order valence-corrected chi connectivity index (χ0v) is 16.0. The summed E-state index contributed by atoms with van der Waals surface area (Å²) in [6, 6.07) is 6.03. The summed E-state index contributed by atoms with van der Waals surface area (Å²) in [6.45, 7) is 7.50. The Morgan fingerprint density at radius 3 is 2.65 bits per heavy atom. The molecule has 0 saturated carbocycles. The molecule has 0 atom stereocenters. The summed E-state index contributed by atoms with van der Waals surface area (Å²) >= 11 is 0. The molecule has 1 aromatic rings. The summed E-state index contributed by atoms with van der Waals surface area (Å²) in [5.41, 5.74) is 0.581. The molecule has 2 rings (SSSR count). The highest BCUT2D eigenvalue weighted by Gasteiger charge is 2.29. The van der Waals surface area contributed by atoms with Gasteiger partial charge in [0.25, 0.3) is 0 Å². The number of nitriles is 1. The maximum atomic E-state index is 12.2. The van der Waals surface area contributed by atoms with Crippen LogP contribution in [0.4, 0.5) is 10.6 Å². The van der Waals surface area contributed by atoms with Crippen LogP contribution in [-0.4, -0.2) is 48.3 Å². The maximum absolute atomic E-state index is 12.2. The Morgan fingerprint density at radius 2 is 2.08 bits per heavy atom. The highest BCUT2D eigenvalue weighted by molar-refractivity contribution is 5.68. The zero-order chi connectivity index (χ0) is 19.2. The molecule has 7 heteroatoms. The van der Waals surface area contributed by atoms with Crippen molar-refractivity contribution in [2.24, 2.45) is 0 Å². The Morgan fingerprint density at radius 1 is 1.38 bits per heavy atom. The van der Waals surface area contributed by atoms with Crippen LogP contribution in [0.25, 0.3) is 0 Å². The fourth-order valence-corrected chi connectivity index (χ4v) is 2.97. The molecule has 0 aliphatic carbocycles. The smallest absolute Gasteiger partial charge is 0.410 e. The lowest BCUT2D eigenvalue weighted by Crippen LogP contribution is -2.41. The molecule has 1 amide bonds. The van der Waals surface area contributed by atoms with Crippen molar-refractivity contribution < 1.29 is 14.3 Å². The van der Waals surface area contributed by atoms with Crippen molar-refractivity contribution in [3.05, 3.63) is 17.7 Å². The first-order chi connectivity index (χ1) is 12.3. The van der Waals surface area contributed by atoms with Gasteiger partial charge in [0.05, 0.1) is 19.6 Å². The fraction of sp³-hybridized carbons (Fsp3) is 0.632. The summed E-state index contributed by atoms with van der Waals surface area (Å²) < 4.78 is 10.9. The number of rotatable bonds is 5. The van der Waals surface area contributed by atoms with Crippen molar-refractivity contribution in [3.63, 3.8) is 0 Å². The van der Waals surface area contributed by atoms with Gasteiger partial charge in [-0.05, 0) is 51.7 Å². The second-order valence-electron chi connectivity index (χ2n) is 7.37. The summed E-state index contributed by atoms with van der Waals surface area (Å²) in [6.07, 6.45) is 1.87. The van der Waals surface area contributed by atoms with E-state index in [1.54, 1.807) is 12.0 Å². The lowest BCUT2D eigenvalue weighted by Gasteiger charge is -2.33. The number of pyridine rings is 1. The van der Waals surface area contributed by atoms with Gasteiger partial charge in [-0.3, -0.25) is 0 Å². The third kappa shape index (κ3) is 5.51. The number of methoxy groups -OCH3 is 1. The number of likely N-dealkylation sites (tertiary alicyclic amines) is 1. The molecule has 1 fully saturated rings. The minimum atomic E-state index is -0.477. The van der Waals surface area contributed by atoms with Crippen molar-refractivity contribution >= 4 is 11.9 Å². The molecule has 7 nitrogen and oxygen atoms in total. The Bertz CT molecular complexity index is 656. The van der Waals surface area contributed by atoms with E-state index in [0.717, 1.165) is 18.4 Å². The van der Waals surface area contributed by atoms with Crippen LogP contribution in [0.2, 0.25) is 0 Å². The number of anilines is 1. The van der Waals surface area contributed by atoms with Gasteiger partial charge in [0, 0.05) is 25.2 Å². The highest BCUT2D eigenvalue weighted by atomic mass is 16.6. The summed E-state index contributed by atoms with van der Waals surface area (Å²) in [4.78, 5) is 18.4. The van der Waals surface area contributed by atoms with Gasteiger partial charge in [0.2, 0.25) is 5.88 Å². The summed E-state index contributed by atoms with van der Waals surface area (Å²) in [5.74, 6) is 1.60. The molecular formula is C19H28N4O3. The van der Waals surface area contributed by atoms with Crippen molar-refractivity contribution in [2.45, 2.75) is 51.6 Å². The van der Waals surface area contributed by atoms with E-state index in [1.807, 2.05) is 32.9 Å². The summed E-state index contributed by atoms with van der Waals surface area (Å²) in [5, 5.41) is 11.7. The molecule has 2 heterocycles. The number of nitrogens with one attached hydrogen (secondary N) is 1. The molecule has 0 unspecified atom stereocenters. The van der Waals surface area contributed by atoms with Crippen LogP contribution in [0.15, 0.2) is 12.1 Å². The number of ether oxygens (including phenoxy) is 2. The Labute approximate surface area is 155 Å². The van der Waals surface area contributed by atoms with Crippen LogP contribution in [0.3, 0.4) is 0 Å². The van der Waals surface area contributed by atoms with Gasteiger partial charge in [-0.25, -0.2) is 4.79 Å². The van der Waals surface area contributed by atoms with E-state index >= 15 is 0 Å². The minimum Gasteiger partial charge on any atom is -0.481 e. The molecule has 1 N–H and O–H groups in total. The van der Waals surface area contributed by atoms with E-state index in [4.69, 9.17) is 14.7 Å². The van der Waals surface area contributed by atoms with Crippen LogP contribution in [0.5, 0.6) is 5.88 Å². The van der Waals surface area contributed by atoms with Crippen LogP contribution in [0.1, 0.15) is 51.5 Å². The van der Waals surface area contributed by atoms with E-state index in [1.165, 1.54) is 0 Å². The van der Waals surface area contributed by atoms with Crippen LogP contribution >= 0.6 is 0 Å². The molecule has 1 aromatic heterocycles. The topological polar surface area (TPSA) is 87.5 Å². The summed E-state index contributed by atoms with van der Waals surface area (Å²) in [7, 11) is 1.61. The number of amides is 1. The average Bonchev–Trinajstić information content (AvgIpc) is 2.60. The number of piperidine rings is 1. The molecule has 0 radical (unpaired) electrons. The van der Waals surface area contributed by atoms with Crippen molar-refractivity contribution in [1.82, 2.24) is 9.88 Å². The highest BCUT2D eigenvalue weighted by Crippen LogP contribution is 2.34. The van der Waals surface area contributed by atoms with Gasteiger partial charge in [-0.15, -0.1) is 0 Å². The molecule has 1 aliphatic rings. The number of carbonyl (C=O) groups excluding carboxylic acids is 1. The first-order valence-electron chi connectivity index (χ1n) is 8.97. The molecule has 142 valence electrons. The van der Waals surface area contributed by atoms with Crippen molar-refractivity contribution in [2.75, 3.05) is 32.1 Å². The van der Waals surface area contributed by atoms with E-state index in [-0.39, 0.29) is 6.09 Å². The van der Waals surface area contributed by atoms with Crippen LogP contribution < -0.4 is 10.1 Å². The third-order valence-electron chi connectivity index (χ3n) is 4.21. The standard InChI is InChI=1S/C19H28N4O3/c1-19(2,3)26-18(24)23-12-8-14(9-13-23)15-6-7-16(21-11-5-10-20)22-17(15)25-4/h6-7,14H,5,8-9,11-13H2,1-4H3,(H,21,22). The van der Waals surface area contributed by atoms with Crippen molar-refractivity contribution in [1.29, 1.82) is 5.26 Å². The van der Waals surface area contributed by atoms with Gasteiger partial charge in [-0.2, -0.15) is 10.2 Å². The first-order valence-corrected chi connectivity index (χ1v) is 8.97. The molecule has 0 aromatic carbocycles. The molecule has 0 spiro atoms. The second-order valence-corrected chi connectivity index (χ2v) is 7.37. The SMILES string of the molecule is COc1nc(NCCC#N)ccc1C1CCN(C(=O)OC(C)(C)C)CC1. The number of carbonyl (C=O) groups is 1. The number of nitrogens with zero attached hydrogens (tertiary/aromatic N) is 3. The monoisotopic (exact) mass is 360 g/mol. The van der Waals surface area contributed by atoms with E-state index in [0.29, 0.717) is 43.7 Å². The quantitative estimate of drug-likeness (QED) is 0.808. The van der Waals surface area contributed by atoms with Crippen LogP contribution in [-0.2, 0) is 4.74 Å². The van der Waals surface area contributed by atoms with Crippen LogP contribution in [0, 0.1) is 11.3 Å². The minimum absolute atomic E-state index is 0.252. The lowest BCUT2D eigenvalue weighted by atomic mass is 9.90. The first kappa shape index (κ1) is 19.8. The van der Waals surface area contributed by atoms with E-state index < -0.39 is 5.60 Å². The normalized spacial score (nSPS) is 15.3. The van der Waals surface area contributed by atoms with Gasteiger partial charge in [-0.1, -0.05) is 0 Å². The predicted octanol–water partition coefficient (Wildman–Crippen LogP) is 3.53. The number of hydrogen-bond donors (Lipinski definition) is 1. The van der Waals surface area contributed by atoms with Gasteiger partial charge in [0.15, 0.2) is 0 Å². The average molecular weight is 360 g/mol. The molecule has 0 bridgehead atoms. The zero-order valence-electron chi connectivity index (χ0n) is 16.0. The molecule has 1 aliphatic heterocycles. The third-order valence-corrected chi connectivity index (χ3v) is 4.21. The largest absolute Gasteiger partial charge is 0.481 e. The lowest BCUT2D eigenvalue weighted by molar-refractivity contribution is 0.0204. The molecule has 26 heavy (non-hydrogen) atoms. The van der Waals surface area contributed by atoms with Gasteiger partial charge < -0.3 is 19.7 Å². The maximum Gasteiger partial charge on any atom is 0.410 e. The van der Waals surface area contributed by atoms with E-state index in [2.05, 4.69) is 16.4 Å². The Balaban J connectivity index is 1.98. The number of aromatic nitrogens is 1. The van der Waals surface area contributed by atoms with Gasteiger partial charge >= 0.3 is 6.09 Å². The Hall–Kier alpha value is -2.49. The van der Waals surface area contributed by atoms with Gasteiger partial charge in [0.1, 0.15) is 11.4 Å². The predicted molar refractivity (Wildman–Crippen MR) is 99.3 cm³/mol. The van der Waals surface area contributed by atoms with E-state index in [9.17, 15) is 4.79 Å². The second kappa shape index (κ2) is 8.75. The van der Waals surface area contributed by atoms with Crippen molar-refractivity contribution in [3.8, 4) is 11.9 Å². The fourth-order valence-electron chi connectivity index (χ4n) is 2.97. The molecular weight excluding hydrogens is 332 g/mol.